The topological polar surface area (TPSA) is 61.2 Å². The van der Waals surface area contributed by atoms with Gasteiger partial charge in [-0.1, -0.05) is 29.8 Å². The second-order valence-corrected chi connectivity index (χ2v) is 5.87. The van der Waals surface area contributed by atoms with Crippen LogP contribution < -0.4 is 10.3 Å². The largest absolute Gasteiger partial charge is 0.425 e. The van der Waals surface area contributed by atoms with Gasteiger partial charge in [0.1, 0.15) is 12.3 Å². The second-order valence-electron chi connectivity index (χ2n) is 5.87. The Kier molecular flexibility index (Phi) is 4.16. The zero-order valence-corrected chi connectivity index (χ0v) is 13.9. The van der Waals surface area contributed by atoms with Crippen LogP contribution in [0.15, 0.2) is 47.4 Å². The molecule has 2 aromatic carbocycles. The molecule has 0 atom stereocenters. The van der Waals surface area contributed by atoms with Crippen LogP contribution in [0.3, 0.4) is 0 Å². The first-order valence-electron chi connectivity index (χ1n) is 7.69. The lowest BCUT2D eigenvalue weighted by Crippen LogP contribution is -2.27. The summed E-state index contributed by atoms with van der Waals surface area (Å²) in [5, 5.41) is 0. The van der Waals surface area contributed by atoms with E-state index in [2.05, 4.69) is 4.98 Å². The van der Waals surface area contributed by atoms with Crippen molar-refractivity contribution in [2.45, 2.75) is 27.3 Å². The molecule has 0 spiro atoms. The summed E-state index contributed by atoms with van der Waals surface area (Å²) in [7, 11) is 0. The van der Waals surface area contributed by atoms with Crippen LogP contribution >= 0.6 is 0 Å². The Hall–Kier alpha value is -2.95. The van der Waals surface area contributed by atoms with Gasteiger partial charge in [-0.15, -0.1) is 0 Å². The molecule has 0 bridgehead atoms. The van der Waals surface area contributed by atoms with Crippen molar-refractivity contribution >= 4 is 17.0 Å². The van der Waals surface area contributed by atoms with Crippen molar-refractivity contribution in [3.63, 3.8) is 0 Å². The van der Waals surface area contributed by atoms with Crippen LogP contribution in [0.4, 0.5) is 0 Å². The van der Waals surface area contributed by atoms with Gasteiger partial charge in [0.05, 0.1) is 17.2 Å². The number of carbonyl (C=O) groups excluding carboxylic acids is 1. The third-order valence-corrected chi connectivity index (χ3v) is 3.86. The number of para-hydroxylation sites is 2. The Labute approximate surface area is 139 Å². The van der Waals surface area contributed by atoms with E-state index in [1.807, 2.05) is 39.0 Å². The number of hydrogen-bond donors (Lipinski definition) is 0. The molecule has 0 aliphatic heterocycles. The van der Waals surface area contributed by atoms with Gasteiger partial charge in [-0.25, -0.2) is 9.78 Å². The summed E-state index contributed by atoms with van der Waals surface area (Å²) < 4.78 is 6.90. The van der Waals surface area contributed by atoms with E-state index in [0.29, 0.717) is 16.8 Å². The molecule has 0 N–H and O–H groups in total. The Bertz CT molecular complexity index is 966. The van der Waals surface area contributed by atoms with Crippen molar-refractivity contribution < 1.29 is 9.53 Å². The van der Waals surface area contributed by atoms with Crippen LogP contribution in [-0.4, -0.2) is 15.5 Å². The van der Waals surface area contributed by atoms with Crippen LogP contribution in [-0.2, 0) is 11.3 Å². The van der Waals surface area contributed by atoms with Crippen molar-refractivity contribution in [2.24, 2.45) is 0 Å². The Balaban J connectivity index is 1.92. The summed E-state index contributed by atoms with van der Waals surface area (Å²) in [5.41, 5.74) is 3.84. The Morgan fingerprint density at radius 3 is 2.50 bits per heavy atom. The predicted molar refractivity (Wildman–Crippen MR) is 92.3 cm³/mol. The fraction of sp³-hybridized carbons (Fsp3) is 0.211. The average Bonchev–Trinajstić information content (AvgIpc) is 2.53. The maximum atomic E-state index is 12.4. The van der Waals surface area contributed by atoms with E-state index in [1.165, 1.54) is 10.8 Å². The minimum atomic E-state index is -0.483. The molecule has 122 valence electrons. The first kappa shape index (κ1) is 15.9. The maximum absolute atomic E-state index is 12.4. The minimum absolute atomic E-state index is 0.158. The predicted octanol–water partition coefficient (Wildman–Crippen LogP) is 2.93. The summed E-state index contributed by atoms with van der Waals surface area (Å²) >= 11 is 0. The third kappa shape index (κ3) is 3.06. The molecule has 24 heavy (non-hydrogen) atoms. The molecule has 0 saturated carbocycles. The highest BCUT2D eigenvalue weighted by Gasteiger charge is 2.13. The van der Waals surface area contributed by atoms with Gasteiger partial charge >= 0.3 is 5.97 Å². The minimum Gasteiger partial charge on any atom is -0.425 e. The van der Waals surface area contributed by atoms with E-state index < -0.39 is 5.97 Å². The average molecular weight is 322 g/mol. The van der Waals surface area contributed by atoms with Crippen molar-refractivity contribution in [1.29, 1.82) is 0 Å². The van der Waals surface area contributed by atoms with Crippen molar-refractivity contribution in [2.75, 3.05) is 0 Å². The van der Waals surface area contributed by atoms with Crippen molar-refractivity contribution in [1.82, 2.24) is 9.55 Å². The van der Waals surface area contributed by atoms with Gasteiger partial charge in [0.2, 0.25) is 0 Å². The number of rotatable bonds is 3. The number of aromatic nitrogens is 2. The van der Waals surface area contributed by atoms with Gasteiger partial charge in [-0.05, 0) is 44.0 Å². The van der Waals surface area contributed by atoms with Crippen LogP contribution in [0.5, 0.6) is 5.75 Å². The van der Waals surface area contributed by atoms with Gasteiger partial charge in [-0.2, -0.15) is 0 Å². The SMILES string of the molecule is Cc1cc(C)c(OC(=O)Cn2c(=O)cnc3ccccc32)c(C)c1. The van der Waals surface area contributed by atoms with Gasteiger partial charge in [0.15, 0.2) is 0 Å². The molecule has 0 radical (unpaired) electrons. The van der Waals surface area contributed by atoms with E-state index in [4.69, 9.17) is 4.74 Å². The first-order chi connectivity index (χ1) is 11.5. The summed E-state index contributed by atoms with van der Waals surface area (Å²) in [6, 6.07) is 11.1. The highest BCUT2D eigenvalue weighted by atomic mass is 16.5. The number of hydrogen-bond acceptors (Lipinski definition) is 4. The number of esters is 1. The summed E-state index contributed by atoms with van der Waals surface area (Å²) in [6.45, 7) is 5.64. The number of nitrogens with zero attached hydrogens (tertiary/aromatic N) is 2. The Morgan fingerprint density at radius 1 is 1.12 bits per heavy atom. The highest BCUT2D eigenvalue weighted by Crippen LogP contribution is 2.24. The van der Waals surface area contributed by atoms with E-state index in [9.17, 15) is 9.59 Å². The van der Waals surface area contributed by atoms with Crippen LogP contribution in [0, 0.1) is 20.8 Å². The zero-order chi connectivity index (χ0) is 17.3. The molecule has 0 unspecified atom stereocenters. The fourth-order valence-electron chi connectivity index (χ4n) is 2.88. The summed E-state index contributed by atoms with van der Waals surface area (Å²) in [5.74, 6) is 0.0699. The molecule has 3 rings (SSSR count). The molecule has 5 heteroatoms. The Morgan fingerprint density at radius 2 is 1.79 bits per heavy atom. The first-order valence-corrected chi connectivity index (χ1v) is 7.69. The van der Waals surface area contributed by atoms with Gasteiger partial charge in [0, 0.05) is 0 Å². The monoisotopic (exact) mass is 322 g/mol. The maximum Gasteiger partial charge on any atom is 0.331 e. The van der Waals surface area contributed by atoms with Crippen molar-refractivity contribution in [3.05, 3.63) is 69.6 Å². The normalized spacial score (nSPS) is 10.8. The molecule has 1 aromatic heterocycles. The smallest absolute Gasteiger partial charge is 0.331 e. The zero-order valence-electron chi connectivity index (χ0n) is 13.9. The molecule has 0 saturated heterocycles. The standard InChI is InChI=1S/C19H18N2O3/c1-12-8-13(2)19(14(3)9-12)24-18(23)11-21-16-7-5-4-6-15(16)20-10-17(21)22/h4-10H,11H2,1-3H3. The van der Waals surface area contributed by atoms with E-state index in [0.717, 1.165) is 16.7 Å². The van der Waals surface area contributed by atoms with E-state index in [1.54, 1.807) is 18.2 Å². The number of aryl methyl sites for hydroxylation is 3. The lowest BCUT2D eigenvalue weighted by Gasteiger charge is -2.13. The number of benzene rings is 2. The van der Waals surface area contributed by atoms with Gasteiger partial charge in [0.25, 0.3) is 5.56 Å². The number of fused-ring (bicyclic) bond motifs is 1. The van der Waals surface area contributed by atoms with Gasteiger partial charge in [-0.3, -0.25) is 9.36 Å². The van der Waals surface area contributed by atoms with Crippen LogP contribution in [0.25, 0.3) is 11.0 Å². The lowest BCUT2D eigenvalue weighted by molar-refractivity contribution is -0.135. The van der Waals surface area contributed by atoms with Crippen LogP contribution in [0.1, 0.15) is 16.7 Å². The van der Waals surface area contributed by atoms with E-state index in [-0.39, 0.29) is 12.1 Å². The van der Waals surface area contributed by atoms with Crippen molar-refractivity contribution in [3.8, 4) is 5.75 Å². The summed E-state index contributed by atoms with van der Waals surface area (Å²) in [6.07, 6.45) is 1.22. The molecule has 1 heterocycles. The second kappa shape index (κ2) is 6.28. The fourth-order valence-corrected chi connectivity index (χ4v) is 2.88. The number of ether oxygens (including phenoxy) is 1. The molecular formula is C19H18N2O3. The summed E-state index contributed by atoms with van der Waals surface area (Å²) in [4.78, 5) is 28.5. The molecule has 0 aliphatic carbocycles. The number of carbonyl (C=O) groups is 1. The quantitative estimate of drug-likeness (QED) is 0.549. The molecule has 0 aliphatic rings. The molecule has 5 nitrogen and oxygen atoms in total. The lowest BCUT2D eigenvalue weighted by atomic mass is 10.1. The molecule has 0 amide bonds. The third-order valence-electron chi connectivity index (χ3n) is 3.86. The molecule has 0 fully saturated rings. The van der Waals surface area contributed by atoms with E-state index >= 15 is 0 Å². The van der Waals surface area contributed by atoms with Gasteiger partial charge < -0.3 is 4.74 Å². The molecular weight excluding hydrogens is 304 g/mol. The molecule has 3 aromatic rings. The highest BCUT2D eigenvalue weighted by molar-refractivity contribution is 5.78. The van der Waals surface area contributed by atoms with Crippen LogP contribution in [0.2, 0.25) is 0 Å².